The minimum atomic E-state index is -0.0749. The lowest BCUT2D eigenvalue weighted by atomic mass is 10.1. The highest BCUT2D eigenvalue weighted by molar-refractivity contribution is 8.27. The minimum absolute atomic E-state index is 0.0749. The van der Waals surface area contributed by atoms with Crippen LogP contribution in [-0.2, 0) is 4.79 Å². The maximum Gasteiger partial charge on any atom is 0.270 e. The smallest absolute Gasteiger partial charge is 0.268 e. The summed E-state index contributed by atoms with van der Waals surface area (Å²) in [6.07, 6.45) is 5.70. The van der Waals surface area contributed by atoms with Gasteiger partial charge in [-0.3, -0.25) is 9.69 Å². The normalized spacial score (nSPS) is 16.3. The van der Waals surface area contributed by atoms with Crippen molar-refractivity contribution in [2.45, 2.75) is 0 Å². The van der Waals surface area contributed by atoms with Crippen LogP contribution in [0.1, 0.15) is 5.56 Å². The molecular formula is C22H15NOS2. The number of carbonyl (C=O) groups is 1. The van der Waals surface area contributed by atoms with Gasteiger partial charge in [-0.1, -0.05) is 103 Å². The molecule has 26 heavy (non-hydrogen) atoms. The lowest BCUT2D eigenvalue weighted by molar-refractivity contribution is -0.113. The summed E-state index contributed by atoms with van der Waals surface area (Å²) in [4.78, 5) is 15.2. The van der Waals surface area contributed by atoms with Crippen LogP contribution in [0.15, 0.2) is 89.9 Å². The van der Waals surface area contributed by atoms with Gasteiger partial charge in [-0.15, -0.1) is 0 Å². The number of thiocarbonyl (C=S) groups is 1. The molecule has 0 aliphatic carbocycles. The van der Waals surface area contributed by atoms with Crippen LogP contribution < -0.4 is 4.90 Å². The van der Waals surface area contributed by atoms with E-state index in [1.165, 1.54) is 11.8 Å². The largest absolute Gasteiger partial charge is 0.270 e. The Labute approximate surface area is 161 Å². The van der Waals surface area contributed by atoms with Crippen LogP contribution in [0.4, 0.5) is 5.69 Å². The number of carbonyl (C=O) groups excluding carboxylic acids is 1. The van der Waals surface area contributed by atoms with Crippen LogP contribution in [0, 0.1) is 0 Å². The molecule has 4 rings (SSSR count). The summed E-state index contributed by atoms with van der Waals surface area (Å²) in [5.41, 5.74) is 1.93. The van der Waals surface area contributed by atoms with Crippen LogP contribution >= 0.6 is 24.0 Å². The molecular weight excluding hydrogens is 358 g/mol. The standard InChI is InChI=1S/C22H15NOS2/c24-21-20(15-6-10-16-8-2-1-3-9-16)26-22(25)23(21)19-14-7-12-17-11-4-5-13-18(17)19/h1-15H. The average Bonchev–Trinajstić information content (AvgIpc) is 2.96. The van der Waals surface area contributed by atoms with Crippen molar-refractivity contribution >= 4 is 56.7 Å². The maximum absolute atomic E-state index is 12.9. The second-order valence-corrected chi connectivity index (χ2v) is 7.48. The fourth-order valence-electron chi connectivity index (χ4n) is 2.90. The number of nitrogens with zero attached hydrogens (tertiary/aromatic N) is 1. The zero-order valence-electron chi connectivity index (χ0n) is 13.8. The zero-order chi connectivity index (χ0) is 17.9. The van der Waals surface area contributed by atoms with Gasteiger partial charge < -0.3 is 0 Å². The predicted molar refractivity (Wildman–Crippen MR) is 115 cm³/mol. The number of hydrogen-bond donors (Lipinski definition) is 0. The summed E-state index contributed by atoms with van der Waals surface area (Å²) in [6.45, 7) is 0. The fourth-order valence-corrected chi connectivity index (χ4v) is 4.14. The number of allylic oxidation sites excluding steroid dienone is 2. The molecule has 0 bridgehead atoms. The number of anilines is 1. The van der Waals surface area contributed by atoms with Gasteiger partial charge in [-0.05, 0) is 23.1 Å². The lowest BCUT2D eigenvalue weighted by Gasteiger charge is -2.17. The van der Waals surface area contributed by atoms with Gasteiger partial charge in [0.2, 0.25) is 0 Å². The van der Waals surface area contributed by atoms with Crippen molar-refractivity contribution < 1.29 is 4.79 Å². The number of benzene rings is 3. The Balaban J connectivity index is 1.65. The van der Waals surface area contributed by atoms with Crippen molar-refractivity contribution in [1.29, 1.82) is 0 Å². The Morgan fingerprint density at radius 3 is 2.46 bits per heavy atom. The van der Waals surface area contributed by atoms with Crippen LogP contribution in [0.25, 0.3) is 16.8 Å². The van der Waals surface area contributed by atoms with Crippen molar-refractivity contribution in [3.8, 4) is 0 Å². The summed E-state index contributed by atoms with van der Waals surface area (Å²) in [5, 5.41) is 2.11. The second kappa shape index (κ2) is 7.28. The van der Waals surface area contributed by atoms with Gasteiger partial charge in [0, 0.05) is 5.39 Å². The highest BCUT2D eigenvalue weighted by Crippen LogP contribution is 2.38. The molecule has 0 saturated carbocycles. The van der Waals surface area contributed by atoms with E-state index in [1.807, 2.05) is 91.0 Å². The van der Waals surface area contributed by atoms with E-state index < -0.39 is 0 Å². The SMILES string of the molecule is O=C1C(=CC=Cc2ccccc2)SC(=S)N1c1cccc2ccccc12. The highest BCUT2D eigenvalue weighted by Gasteiger charge is 2.33. The van der Waals surface area contributed by atoms with E-state index >= 15 is 0 Å². The lowest BCUT2D eigenvalue weighted by Crippen LogP contribution is -2.27. The molecule has 1 heterocycles. The molecule has 126 valence electrons. The van der Waals surface area contributed by atoms with E-state index in [9.17, 15) is 4.79 Å². The maximum atomic E-state index is 12.9. The fraction of sp³-hybridized carbons (Fsp3) is 0. The van der Waals surface area contributed by atoms with Gasteiger partial charge in [0.05, 0.1) is 10.6 Å². The van der Waals surface area contributed by atoms with Crippen LogP contribution in [0.3, 0.4) is 0 Å². The van der Waals surface area contributed by atoms with Crippen molar-refractivity contribution in [2.75, 3.05) is 4.90 Å². The molecule has 1 fully saturated rings. The first-order valence-corrected chi connectivity index (χ1v) is 9.44. The van der Waals surface area contributed by atoms with E-state index in [-0.39, 0.29) is 5.91 Å². The highest BCUT2D eigenvalue weighted by atomic mass is 32.2. The molecule has 1 aliphatic rings. The van der Waals surface area contributed by atoms with E-state index in [2.05, 4.69) is 0 Å². The molecule has 4 heteroatoms. The zero-order valence-corrected chi connectivity index (χ0v) is 15.5. The summed E-state index contributed by atoms with van der Waals surface area (Å²) in [7, 11) is 0. The van der Waals surface area contributed by atoms with Gasteiger partial charge in [0.15, 0.2) is 4.32 Å². The molecule has 0 atom stereocenters. The summed E-state index contributed by atoms with van der Waals surface area (Å²) < 4.78 is 0.561. The first kappa shape index (κ1) is 16.8. The molecule has 2 nitrogen and oxygen atoms in total. The average molecular weight is 374 g/mol. The molecule has 3 aromatic carbocycles. The molecule has 3 aromatic rings. The summed E-state index contributed by atoms with van der Waals surface area (Å²) >= 11 is 6.82. The molecule has 1 aliphatic heterocycles. The third-order valence-corrected chi connectivity index (χ3v) is 5.46. The number of fused-ring (bicyclic) bond motifs is 1. The number of amides is 1. The minimum Gasteiger partial charge on any atom is -0.268 e. The second-order valence-electron chi connectivity index (χ2n) is 5.81. The quantitative estimate of drug-likeness (QED) is 0.427. The molecule has 0 spiro atoms. The van der Waals surface area contributed by atoms with Crippen molar-refractivity contribution in [3.63, 3.8) is 0 Å². The topological polar surface area (TPSA) is 20.3 Å². The van der Waals surface area contributed by atoms with Crippen LogP contribution in [-0.4, -0.2) is 10.2 Å². The third-order valence-electron chi connectivity index (χ3n) is 4.14. The summed E-state index contributed by atoms with van der Waals surface area (Å²) in [5.74, 6) is -0.0749. The van der Waals surface area contributed by atoms with Gasteiger partial charge in [-0.25, -0.2) is 0 Å². The first-order valence-electron chi connectivity index (χ1n) is 8.21. The van der Waals surface area contributed by atoms with Crippen molar-refractivity contribution in [1.82, 2.24) is 0 Å². The van der Waals surface area contributed by atoms with Gasteiger partial charge in [-0.2, -0.15) is 0 Å². The Hall–Kier alpha value is -2.69. The van der Waals surface area contributed by atoms with E-state index in [0.717, 1.165) is 22.0 Å². The first-order chi connectivity index (χ1) is 12.7. The molecule has 1 amide bonds. The van der Waals surface area contributed by atoms with Crippen LogP contribution in [0.5, 0.6) is 0 Å². The Kier molecular flexibility index (Phi) is 4.69. The van der Waals surface area contributed by atoms with Crippen molar-refractivity contribution in [2.24, 2.45) is 0 Å². The van der Waals surface area contributed by atoms with Gasteiger partial charge in [0.1, 0.15) is 0 Å². The molecule has 1 saturated heterocycles. The van der Waals surface area contributed by atoms with E-state index in [4.69, 9.17) is 12.2 Å². The predicted octanol–water partition coefficient (Wildman–Crippen LogP) is 5.80. The Morgan fingerprint density at radius 2 is 1.62 bits per heavy atom. The third kappa shape index (κ3) is 3.21. The van der Waals surface area contributed by atoms with Gasteiger partial charge in [0.25, 0.3) is 5.91 Å². The Bertz CT molecular complexity index is 1050. The number of hydrogen-bond acceptors (Lipinski definition) is 3. The molecule has 0 aromatic heterocycles. The summed E-state index contributed by atoms with van der Waals surface area (Å²) in [6, 6.07) is 23.9. The van der Waals surface area contributed by atoms with Gasteiger partial charge >= 0.3 is 0 Å². The van der Waals surface area contributed by atoms with E-state index in [0.29, 0.717) is 9.23 Å². The number of thioether (sulfide) groups is 1. The van der Waals surface area contributed by atoms with Crippen molar-refractivity contribution in [3.05, 3.63) is 95.4 Å². The monoisotopic (exact) mass is 373 g/mol. The Morgan fingerprint density at radius 1 is 0.885 bits per heavy atom. The molecule has 0 N–H and O–H groups in total. The van der Waals surface area contributed by atoms with Crippen LogP contribution in [0.2, 0.25) is 0 Å². The number of rotatable bonds is 3. The van der Waals surface area contributed by atoms with E-state index in [1.54, 1.807) is 4.90 Å². The molecule has 0 radical (unpaired) electrons. The molecule has 0 unspecified atom stereocenters.